The number of nitrogens with zero attached hydrogens (tertiary/aromatic N) is 5. The highest BCUT2D eigenvalue weighted by Gasteiger charge is 2.36. The predicted molar refractivity (Wildman–Crippen MR) is 80.9 cm³/mol. The molecule has 24 heavy (non-hydrogen) atoms. The lowest BCUT2D eigenvalue weighted by atomic mass is 10.1. The molecular weight excluding hydrogens is 323 g/mol. The van der Waals surface area contributed by atoms with Crippen molar-refractivity contribution in [3.8, 4) is 5.88 Å². The fraction of sp³-hybridized carbons (Fsp3) is 0.533. The molecule has 1 fully saturated rings. The first-order chi connectivity index (χ1) is 11.3. The van der Waals surface area contributed by atoms with E-state index in [9.17, 15) is 13.2 Å². The van der Waals surface area contributed by atoms with E-state index in [1.807, 2.05) is 6.92 Å². The van der Waals surface area contributed by atoms with Gasteiger partial charge in [0.25, 0.3) is 0 Å². The summed E-state index contributed by atoms with van der Waals surface area (Å²) in [6, 6.07) is 0.724. The van der Waals surface area contributed by atoms with Crippen LogP contribution in [-0.2, 0) is 13.2 Å². The first-order valence-electron chi connectivity index (χ1n) is 7.57. The van der Waals surface area contributed by atoms with Gasteiger partial charge in [-0.2, -0.15) is 18.3 Å². The van der Waals surface area contributed by atoms with Gasteiger partial charge < -0.3 is 9.64 Å². The molecule has 1 aliphatic rings. The third kappa shape index (κ3) is 2.78. The van der Waals surface area contributed by atoms with Gasteiger partial charge in [-0.3, -0.25) is 0 Å². The summed E-state index contributed by atoms with van der Waals surface area (Å²) in [6.45, 7) is 2.45. The third-order valence-corrected chi connectivity index (χ3v) is 4.18. The van der Waals surface area contributed by atoms with Gasteiger partial charge in [0.1, 0.15) is 5.69 Å². The van der Waals surface area contributed by atoms with Crippen LogP contribution in [0, 0.1) is 6.92 Å². The maximum absolute atomic E-state index is 12.9. The number of halogens is 3. The maximum atomic E-state index is 12.9. The van der Waals surface area contributed by atoms with Gasteiger partial charge in [-0.15, -0.1) is 0 Å². The van der Waals surface area contributed by atoms with Crippen LogP contribution in [0.3, 0.4) is 0 Å². The highest BCUT2D eigenvalue weighted by Crippen LogP contribution is 2.40. The van der Waals surface area contributed by atoms with E-state index in [-0.39, 0.29) is 12.0 Å². The Balaban J connectivity index is 2.01. The van der Waals surface area contributed by atoms with E-state index in [0.29, 0.717) is 12.4 Å². The van der Waals surface area contributed by atoms with Crippen molar-refractivity contribution in [1.82, 2.24) is 19.7 Å². The number of rotatable bonds is 3. The smallest absolute Gasteiger partial charge is 0.433 e. The summed E-state index contributed by atoms with van der Waals surface area (Å²) in [5, 5.41) is 4.36. The van der Waals surface area contributed by atoms with E-state index in [1.165, 1.54) is 0 Å². The molecule has 2 aromatic rings. The van der Waals surface area contributed by atoms with E-state index in [4.69, 9.17) is 4.74 Å². The quantitative estimate of drug-likeness (QED) is 0.859. The molecule has 0 spiro atoms. The molecule has 0 radical (unpaired) electrons. The number of alkyl halides is 3. The molecule has 1 aliphatic heterocycles. The van der Waals surface area contributed by atoms with Crippen LogP contribution >= 0.6 is 0 Å². The zero-order valence-electron chi connectivity index (χ0n) is 13.6. The molecule has 0 saturated carbocycles. The first-order valence-corrected chi connectivity index (χ1v) is 7.57. The van der Waals surface area contributed by atoms with Gasteiger partial charge in [-0.25, -0.2) is 14.6 Å². The molecule has 1 saturated heterocycles. The summed E-state index contributed by atoms with van der Waals surface area (Å²) in [5.41, 5.74) is 0.727. The van der Waals surface area contributed by atoms with Crippen LogP contribution in [0.2, 0.25) is 0 Å². The molecule has 9 heteroatoms. The Labute approximate surface area is 137 Å². The summed E-state index contributed by atoms with van der Waals surface area (Å²) >= 11 is 0. The molecule has 0 N–H and O–H groups in total. The van der Waals surface area contributed by atoms with Crippen molar-refractivity contribution >= 4 is 5.95 Å². The SMILES string of the molecule is COc1c(C2CCCN2c2nccc(C(F)(F)F)n2)c(C)nn1C. The Bertz CT molecular complexity index is 743. The number of anilines is 1. The monoisotopic (exact) mass is 341 g/mol. The molecule has 2 aromatic heterocycles. The molecule has 0 aromatic carbocycles. The van der Waals surface area contributed by atoms with E-state index in [1.54, 1.807) is 23.7 Å². The Morgan fingerprint density at radius 1 is 1.33 bits per heavy atom. The Kier molecular flexibility index (Phi) is 4.10. The second kappa shape index (κ2) is 5.95. The van der Waals surface area contributed by atoms with Crippen molar-refractivity contribution in [1.29, 1.82) is 0 Å². The zero-order chi connectivity index (χ0) is 17.5. The molecule has 3 rings (SSSR count). The topological polar surface area (TPSA) is 56.1 Å². The van der Waals surface area contributed by atoms with Crippen molar-refractivity contribution in [3.63, 3.8) is 0 Å². The molecule has 3 heterocycles. The van der Waals surface area contributed by atoms with Crippen molar-refractivity contribution in [2.75, 3.05) is 18.6 Å². The Morgan fingerprint density at radius 3 is 2.75 bits per heavy atom. The second-order valence-corrected chi connectivity index (χ2v) is 5.72. The minimum Gasteiger partial charge on any atom is -0.481 e. The number of ether oxygens (including phenoxy) is 1. The number of methoxy groups -OCH3 is 1. The highest BCUT2D eigenvalue weighted by molar-refractivity contribution is 5.44. The predicted octanol–water partition coefficient (Wildman–Crippen LogP) is 2.89. The number of aryl methyl sites for hydroxylation is 2. The minimum absolute atomic E-state index is 0.0811. The van der Waals surface area contributed by atoms with Crippen LogP contribution in [0.25, 0.3) is 0 Å². The van der Waals surface area contributed by atoms with Gasteiger partial charge in [0.15, 0.2) is 0 Å². The molecule has 1 atom stereocenters. The fourth-order valence-electron chi connectivity index (χ4n) is 3.23. The molecule has 0 bridgehead atoms. The first kappa shape index (κ1) is 16.5. The van der Waals surface area contributed by atoms with E-state index >= 15 is 0 Å². The molecule has 6 nitrogen and oxygen atoms in total. The van der Waals surface area contributed by atoms with Crippen molar-refractivity contribution < 1.29 is 17.9 Å². The normalized spacial score (nSPS) is 18.2. The van der Waals surface area contributed by atoms with Crippen LogP contribution in [-0.4, -0.2) is 33.4 Å². The van der Waals surface area contributed by atoms with Crippen LogP contribution in [0.4, 0.5) is 19.1 Å². The average molecular weight is 341 g/mol. The molecule has 0 aliphatic carbocycles. The second-order valence-electron chi connectivity index (χ2n) is 5.72. The lowest BCUT2D eigenvalue weighted by Crippen LogP contribution is -2.26. The molecule has 1 unspecified atom stereocenters. The minimum atomic E-state index is -4.49. The van der Waals surface area contributed by atoms with Crippen LogP contribution < -0.4 is 9.64 Å². The largest absolute Gasteiger partial charge is 0.481 e. The highest BCUT2D eigenvalue weighted by atomic mass is 19.4. The van der Waals surface area contributed by atoms with Gasteiger partial charge in [0, 0.05) is 19.8 Å². The van der Waals surface area contributed by atoms with Crippen LogP contribution in [0.15, 0.2) is 12.3 Å². The van der Waals surface area contributed by atoms with Crippen molar-refractivity contribution in [2.24, 2.45) is 7.05 Å². The van der Waals surface area contributed by atoms with E-state index in [0.717, 1.165) is 36.4 Å². The van der Waals surface area contributed by atoms with Crippen molar-refractivity contribution in [2.45, 2.75) is 32.0 Å². The van der Waals surface area contributed by atoms with Gasteiger partial charge in [-0.1, -0.05) is 0 Å². The van der Waals surface area contributed by atoms with Gasteiger partial charge >= 0.3 is 6.18 Å². The molecule has 130 valence electrons. The van der Waals surface area contributed by atoms with Crippen LogP contribution in [0.5, 0.6) is 5.88 Å². The fourth-order valence-corrected chi connectivity index (χ4v) is 3.23. The van der Waals surface area contributed by atoms with Gasteiger partial charge in [0.2, 0.25) is 11.8 Å². The van der Waals surface area contributed by atoms with Gasteiger partial charge in [0.05, 0.1) is 24.4 Å². The summed E-state index contributed by atoms with van der Waals surface area (Å²) in [5.74, 6) is 0.689. The number of hydrogen-bond acceptors (Lipinski definition) is 5. The van der Waals surface area contributed by atoms with E-state index < -0.39 is 11.9 Å². The number of aromatic nitrogens is 4. The Morgan fingerprint density at radius 2 is 2.08 bits per heavy atom. The summed E-state index contributed by atoms with van der Waals surface area (Å²) in [4.78, 5) is 9.56. The van der Waals surface area contributed by atoms with Gasteiger partial charge in [-0.05, 0) is 25.8 Å². The standard InChI is InChI=1S/C15H18F3N5O/c1-9-12(13(24-3)22(2)21-9)10-5-4-8-23(10)14-19-7-6-11(20-14)15(16,17)18/h6-7,10H,4-5,8H2,1-3H3. The summed E-state index contributed by atoms with van der Waals surface area (Å²) in [7, 11) is 3.33. The maximum Gasteiger partial charge on any atom is 0.433 e. The van der Waals surface area contributed by atoms with E-state index in [2.05, 4.69) is 15.1 Å². The van der Waals surface area contributed by atoms with Crippen molar-refractivity contribution in [3.05, 3.63) is 29.2 Å². The Hall–Kier alpha value is -2.32. The third-order valence-electron chi connectivity index (χ3n) is 4.18. The van der Waals surface area contributed by atoms with Crippen LogP contribution in [0.1, 0.15) is 35.8 Å². The lowest BCUT2D eigenvalue weighted by molar-refractivity contribution is -0.141. The molecular formula is C15H18F3N5O. The lowest BCUT2D eigenvalue weighted by Gasteiger charge is -2.25. The summed E-state index contributed by atoms with van der Waals surface area (Å²) < 4.78 is 45.8. The number of hydrogen-bond donors (Lipinski definition) is 0. The summed E-state index contributed by atoms with van der Waals surface area (Å²) in [6.07, 6.45) is -1.73. The molecule has 0 amide bonds. The average Bonchev–Trinajstić information content (AvgIpc) is 3.10. The zero-order valence-corrected chi connectivity index (χ0v) is 13.6.